The van der Waals surface area contributed by atoms with Crippen LogP contribution >= 0.6 is 12.4 Å². The first kappa shape index (κ1) is 11.5. The molecule has 0 bridgehead atoms. The lowest BCUT2D eigenvalue weighted by molar-refractivity contribution is -0.133. The SMILES string of the molecule is C=CCN(C)C(=O)[C@H]1CCN1.Cl. The van der Waals surface area contributed by atoms with Gasteiger partial charge in [-0.25, -0.2) is 0 Å². The van der Waals surface area contributed by atoms with E-state index in [1.807, 2.05) is 0 Å². The summed E-state index contributed by atoms with van der Waals surface area (Å²) < 4.78 is 0. The number of nitrogens with one attached hydrogen (secondary N) is 1. The zero-order valence-corrected chi connectivity index (χ0v) is 8.06. The molecule has 1 aliphatic rings. The summed E-state index contributed by atoms with van der Waals surface area (Å²) in [6.45, 7) is 5.18. The molecule has 0 aromatic carbocycles. The van der Waals surface area contributed by atoms with E-state index in [9.17, 15) is 4.79 Å². The zero-order valence-electron chi connectivity index (χ0n) is 7.25. The van der Waals surface area contributed by atoms with Crippen molar-refractivity contribution in [3.8, 4) is 0 Å². The van der Waals surface area contributed by atoms with Gasteiger partial charge in [0.1, 0.15) is 0 Å². The molecular formula is C8H15ClN2O. The van der Waals surface area contributed by atoms with Crippen LogP contribution in [0.5, 0.6) is 0 Å². The first-order valence-corrected chi connectivity index (χ1v) is 3.85. The summed E-state index contributed by atoms with van der Waals surface area (Å²) in [6, 6.07) is 0.0694. The fraction of sp³-hybridized carbons (Fsp3) is 0.625. The van der Waals surface area contributed by atoms with Gasteiger partial charge in [0.05, 0.1) is 6.04 Å². The number of hydrogen-bond acceptors (Lipinski definition) is 2. The summed E-state index contributed by atoms with van der Waals surface area (Å²) in [7, 11) is 1.80. The van der Waals surface area contributed by atoms with Crippen LogP contribution in [0.1, 0.15) is 6.42 Å². The topological polar surface area (TPSA) is 32.3 Å². The molecule has 70 valence electrons. The van der Waals surface area contributed by atoms with Gasteiger partial charge in [0.25, 0.3) is 0 Å². The van der Waals surface area contributed by atoms with E-state index in [1.54, 1.807) is 18.0 Å². The highest BCUT2D eigenvalue weighted by Gasteiger charge is 2.26. The Morgan fingerprint density at radius 3 is 2.75 bits per heavy atom. The first-order valence-electron chi connectivity index (χ1n) is 3.85. The van der Waals surface area contributed by atoms with Crippen LogP contribution in [0.4, 0.5) is 0 Å². The minimum absolute atomic E-state index is 0. The van der Waals surface area contributed by atoms with E-state index in [2.05, 4.69) is 11.9 Å². The fourth-order valence-electron chi connectivity index (χ4n) is 1.05. The van der Waals surface area contributed by atoms with Crippen molar-refractivity contribution in [2.75, 3.05) is 20.1 Å². The number of hydrogen-bond donors (Lipinski definition) is 1. The Morgan fingerprint density at radius 2 is 2.42 bits per heavy atom. The van der Waals surface area contributed by atoms with E-state index in [0.717, 1.165) is 13.0 Å². The number of nitrogens with zero attached hydrogens (tertiary/aromatic N) is 1. The summed E-state index contributed by atoms with van der Waals surface area (Å²) in [5.41, 5.74) is 0. The van der Waals surface area contributed by atoms with Gasteiger partial charge in [0.2, 0.25) is 5.91 Å². The number of halogens is 1. The van der Waals surface area contributed by atoms with Crippen molar-refractivity contribution in [2.45, 2.75) is 12.5 Å². The van der Waals surface area contributed by atoms with E-state index >= 15 is 0 Å². The summed E-state index contributed by atoms with van der Waals surface area (Å²) in [6.07, 6.45) is 2.71. The lowest BCUT2D eigenvalue weighted by Gasteiger charge is -2.30. The second-order valence-corrected chi connectivity index (χ2v) is 2.80. The maximum Gasteiger partial charge on any atom is 0.239 e. The standard InChI is InChI=1S/C8H14N2O.ClH/c1-3-6-10(2)8(11)7-4-5-9-7;/h3,7,9H,1,4-6H2,2H3;1H/t7-;/m1./s1. The number of carbonyl (C=O) groups is 1. The molecule has 1 amide bonds. The Morgan fingerprint density at radius 1 is 1.83 bits per heavy atom. The molecule has 1 atom stereocenters. The van der Waals surface area contributed by atoms with E-state index in [1.165, 1.54) is 0 Å². The van der Waals surface area contributed by atoms with Crippen LogP contribution in [0.25, 0.3) is 0 Å². The average Bonchev–Trinajstić information content (AvgIpc) is 1.84. The van der Waals surface area contributed by atoms with Gasteiger partial charge >= 0.3 is 0 Å². The molecule has 0 spiro atoms. The van der Waals surface area contributed by atoms with Crippen LogP contribution in [0.3, 0.4) is 0 Å². The van der Waals surface area contributed by atoms with E-state index in [4.69, 9.17) is 0 Å². The summed E-state index contributed by atoms with van der Waals surface area (Å²) >= 11 is 0. The highest BCUT2D eigenvalue weighted by molar-refractivity contribution is 5.85. The van der Waals surface area contributed by atoms with E-state index < -0.39 is 0 Å². The predicted octanol–water partition coefficient (Wildman–Crippen LogP) is 0.414. The second-order valence-electron chi connectivity index (χ2n) is 2.80. The molecule has 0 saturated carbocycles. The lowest BCUT2D eigenvalue weighted by atomic mass is 10.1. The van der Waals surface area contributed by atoms with Crippen LogP contribution < -0.4 is 5.32 Å². The van der Waals surface area contributed by atoms with Crippen LogP contribution in [-0.2, 0) is 4.79 Å². The van der Waals surface area contributed by atoms with Gasteiger partial charge in [-0.1, -0.05) is 6.08 Å². The number of carbonyl (C=O) groups excluding carboxylic acids is 1. The minimum Gasteiger partial charge on any atom is -0.341 e. The third-order valence-corrected chi connectivity index (χ3v) is 1.90. The average molecular weight is 191 g/mol. The third-order valence-electron chi connectivity index (χ3n) is 1.90. The van der Waals surface area contributed by atoms with Gasteiger partial charge in [-0.05, 0) is 13.0 Å². The summed E-state index contributed by atoms with van der Waals surface area (Å²) in [5.74, 6) is 0.177. The lowest BCUT2D eigenvalue weighted by Crippen LogP contribution is -2.53. The quantitative estimate of drug-likeness (QED) is 0.655. The van der Waals surface area contributed by atoms with Crippen LogP contribution in [-0.4, -0.2) is 37.0 Å². The van der Waals surface area contributed by atoms with Gasteiger partial charge in [-0.2, -0.15) is 0 Å². The number of amides is 1. The summed E-state index contributed by atoms with van der Waals surface area (Å²) in [5, 5.41) is 3.06. The van der Waals surface area contributed by atoms with Crippen molar-refractivity contribution in [1.29, 1.82) is 0 Å². The molecule has 0 radical (unpaired) electrons. The fourth-order valence-corrected chi connectivity index (χ4v) is 1.05. The minimum atomic E-state index is 0. The smallest absolute Gasteiger partial charge is 0.239 e. The second kappa shape index (κ2) is 5.17. The van der Waals surface area contributed by atoms with Gasteiger partial charge < -0.3 is 10.2 Å². The van der Waals surface area contributed by atoms with Gasteiger partial charge in [-0.3, -0.25) is 4.79 Å². The molecule has 1 saturated heterocycles. The third kappa shape index (κ3) is 2.50. The normalized spacial score (nSPS) is 20.2. The molecule has 0 aromatic rings. The van der Waals surface area contributed by atoms with E-state index in [-0.39, 0.29) is 24.4 Å². The maximum absolute atomic E-state index is 11.3. The van der Waals surface area contributed by atoms with Crippen molar-refractivity contribution in [3.05, 3.63) is 12.7 Å². The Bertz CT molecular complexity index is 168. The molecule has 3 nitrogen and oxygen atoms in total. The van der Waals surface area contributed by atoms with Gasteiger partial charge in [0, 0.05) is 13.6 Å². The largest absolute Gasteiger partial charge is 0.341 e. The number of likely N-dealkylation sites (N-methyl/N-ethyl adjacent to an activating group) is 1. The van der Waals surface area contributed by atoms with Crippen LogP contribution in [0.2, 0.25) is 0 Å². The van der Waals surface area contributed by atoms with Crippen molar-refractivity contribution < 1.29 is 4.79 Å². The molecule has 12 heavy (non-hydrogen) atoms. The van der Waals surface area contributed by atoms with Crippen LogP contribution in [0, 0.1) is 0 Å². The molecule has 0 aromatic heterocycles. The van der Waals surface area contributed by atoms with Crippen molar-refractivity contribution in [3.63, 3.8) is 0 Å². The Balaban J connectivity index is 0.00000121. The molecule has 4 heteroatoms. The van der Waals surface area contributed by atoms with E-state index in [0.29, 0.717) is 6.54 Å². The molecule has 0 unspecified atom stereocenters. The zero-order chi connectivity index (χ0) is 8.27. The molecule has 0 aliphatic carbocycles. The predicted molar refractivity (Wildman–Crippen MR) is 51.5 cm³/mol. The highest BCUT2D eigenvalue weighted by Crippen LogP contribution is 2.04. The van der Waals surface area contributed by atoms with Gasteiger partial charge in [-0.15, -0.1) is 19.0 Å². The molecule has 1 rings (SSSR count). The summed E-state index contributed by atoms with van der Waals surface area (Å²) in [4.78, 5) is 13.0. The highest BCUT2D eigenvalue weighted by atomic mass is 35.5. The molecule has 1 fully saturated rings. The molecular weight excluding hydrogens is 176 g/mol. The first-order chi connectivity index (χ1) is 5.25. The molecule has 1 heterocycles. The van der Waals surface area contributed by atoms with Crippen LogP contribution in [0.15, 0.2) is 12.7 Å². The van der Waals surface area contributed by atoms with Crippen molar-refractivity contribution in [1.82, 2.24) is 10.2 Å². The van der Waals surface area contributed by atoms with Crippen molar-refractivity contribution >= 4 is 18.3 Å². The Kier molecular flexibility index (Phi) is 4.93. The maximum atomic E-state index is 11.3. The number of rotatable bonds is 3. The molecule has 1 aliphatic heterocycles. The monoisotopic (exact) mass is 190 g/mol. The van der Waals surface area contributed by atoms with Gasteiger partial charge in [0.15, 0.2) is 0 Å². The Hall–Kier alpha value is -0.540. The van der Waals surface area contributed by atoms with Crippen molar-refractivity contribution in [2.24, 2.45) is 0 Å². The molecule has 1 N–H and O–H groups in total. The Labute approximate surface area is 79.2 Å².